The highest BCUT2D eigenvalue weighted by Crippen LogP contribution is 2.17. The number of ketones is 1. The van der Waals surface area contributed by atoms with Crippen LogP contribution in [0.2, 0.25) is 0 Å². The Morgan fingerprint density at radius 3 is 2.23 bits per heavy atom. The zero-order valence-corrected chi connectivity index (χ0v) is 17.4. The minimum absolute atomic E-state index is 0.0238. The number of para-hydroxylation sites is 1. The lowest BCUT2D eigenvalue weighted by molar-refractivity contribution is 0.0276. The van der Waals surface area contributed by atoms with Crippen molar-refractivity contribution in [2.75, 3.05) is 7.11 Å². The number of esters is 1. The number of Topliss-reactive ketones (excluding diaryl/α,β-unsaturated/α-hetero) is 1. The molecule has 0 radical (unpaired) electrons. The van der Waals surface area contributed by atoms with Gasteiger partial charge in [-0.2, -0.15) is 0 Å². The van der Waals surface area contributed by atoms with Crippen molar-refractivity contribution in [3.8, 4) is 11.4 Å². The first kappa shape index (κ1) is 21.1. The molecule has 1 aromatic heterocycles. The summed E-state index contributed by atoms with van der Waals surface area (Å²) in [5.41, 5.74) is 1.04. The molecule has 2 aromatic carbocycles. The molecular weight excluding hydrogens is 384 g/mol. The molecular formula is C23H24N2O5. The summed E-state index contributed by atoms with van der Waals surface area (Å²) in [6.45, 7) is 3.43. The van der Waals surface area contributed by atoms with Crippen LogP contribution >= 0.6 is 0 Å². The van der Waals surface area contributed by atoms with Gasteiger partial charge in [0.25, 0.3) is 5.56 Å². The largest absolute Gasteiger partial charge is 0.497 e. The second-order valence-electron chi connectivity index (χ2n) is 6.83. The quantitative estimate of drug-likeness (QED) is 0.443. The van der Waals surface area contributed by atoms with Crippen LogP contribution in [0.25, 0.3) is 5.69 Å². The van der Waals surface area contributed by atoms with Crippen molar-refractivity contribution in [2.45, 2.75) is 26.4 Å². The van der Waals surface area contributed by atoms with E-state index < -0.39 is 23.4 Å². The summed E-state index contributed by atoms with van der Waals surface area (Å²) in [6, 6.07) is 15.5. The summed E-state index contributed by atoms with van der Waals surface area (Å²) in [6.07, 6.45) is -0.808. The third kappa shape index (κ3) is 3.91. The average Bonchev–Trinajstić information content (AvgIpc) is 3.00. The highest BCUT2D eigenvalue weighted by Gasteiger charge is 2.30. The molecule has 0 saturated heterocycles. The van der Waals surface area contributed by atoms with Crippen molar-refractivity contribution in [1.82, 2.24) is 9.36 Å². The lowest BCUT2D eigenvalue weighted by Crippen LogP contribution is -2.31. The van der Waals surface area contributed by atoms with E-state index in [1.807, 2.05) is 18.2 Å². The minimum Gasteiger partial charge on any atom is -0.497 e. The Morgan fingerprint density at radius 2 is 1.67 bits per heavy atom. The molecule has 0 aliphatic rings. The molecule has 0 N–H and O–H groups in total. The third-order valence-electron chi connectivity index (χ3n) is 5.04. The molecule has 156 valence electrons. The maximum Gasteiger partial charge on any atom is 0.338 e. The molecule has 0 spiro atoms. The fourth-order valence-corrected chi connectivity index (χ4v) is 3.26. The van der Waals surface area contributed by atoms with Crippen LogP contribution in [0.4, 0.5) is 0 Å². The average molecular weight is 408 g/mol. The van der Waals surface area contributed by atoms with E-state index in [1.54, 1.807) is 62.0 Å². The molecule has 0 amide bonds. The molecule has 7 nitrogen and oxygen atoms in total. The van der Waals surface area contributed by atoms with Crippen molar-refractivity contribution in [3.05, 3.63) is 81.8 Å². The van der Waals surface area contributed by atoms with Crippen LogP contribution < -0.4 is 10.3 Å². The smallest absolute Gasteiger partial charge is 0.338 e. The summed E-state index contributed by atoms with van der Waals surface area (Å²) in [7, 11) is 3.24. The van der Waals surface area contributed by atoms with Crippen LogP contribution in [-0.2, 0) is 11.8 Å². The van der Waals surface area contributed by atoms with E-state index in [0.717, 1.165) is 0 Å². The molecule has 30 heavy (non-hydrogen) atoms. The third-order valence-corrected chi connectivity index (χ3v) is 5.04. The Balaban J connectivity index is 1.90. The Hall–Kier alpha value is -3.61. The molecule has 7 heteroatoms. The Morgan fingerprint density at radius 1 is 1.03 bits per heavy atom. The number of methoxy groups -OCH3 is 1. The monoisotopic (exact) mass is 408 g/mol. The highest BCUT2D eigenvalue weighted by atomic mass is 16.5. The Bertz CT molecular complexity index is 1110. The molecule has 0 fully saturated rings. The molecule has 1 heterocycles. The van der Waals surface area contributed by atoms with Crippen molar-refractivity contribution in [1.29, 1.82) is 0 Å². The van der Waals surface area contributed by atoms with Crippen LogP contribution in [0, 0.1) is 6.92 Å². The van der Waals surface area contributed by atoms with Gasteiger partial charge in [0.2, 0.25) is 5.78 Å². The first-order chi connectivity index (χ1) is 14.4. The van der Waals surface area contributed by atoms with Gasteiger partial charge in [0, 0.05) is 12.7 Å². The maximum atomic E-state index is 13.2. The van der Waals surface area contributed by atoms with Gasteiger partial charge >= 0.3 is 5.97 Å². The van der Waals surface area contributed by atoms with Crippen molar-refractivity contribution < 1.29 is 19.1 Å². The molecule has 1 atom stereocenters. The number of hydrogen-bond acceptors (Lipinski definition) is 5. The Kier molecular flexibility index (Phi) is 6.20. The van der Waals surface area contributed by atoms with E-state index in [-0.39, 0.29) is 12.0 Å². The number of hydrogen-bond donors (Lipinski definition) is 0. The van der Waals surface area contributed by atoms with E-state index in [2.05, 4.69) is 0 Å². The van der Waals surface area contributed by atoms with Gasteiger partial charge in [-0.1, -0.05) is 25.1 Å². The van der Waals surface area contributed by atoms with Gasteiger partial charge in [-0.15, -0.1) is 0 Å². The lowest BCUT2D eigenvalue weighted by Gasteiger charge is -2.14. The molecule has 3 aromatic rings. The molecule has 0 aliphatic heterocycles. The summed E-state index contributed by atoms with van der Waals surface area (Å²) in [5.74, 6) is -0.530. The summed E-state index contributed by atoms with van der Waals surface area (Å²) in [5, 5.41) is 0. The zero-order valence-electron chi connectivity index (χ0n) is 17.4. The Labute approximate surface area is 174 Å². The predicted octanol–water partition coefficient (Wildman–Crippen LogP) is 3.31. The van der Waals surface area contributed by atoms with E-state index >= 15 is 0 Å². The van der Waals surface area contributed by atoms with Gasteiger partial charge in [-0.3, -0.25) is 14.3 Å². The topological polar surface area (TPSA) is 79.5 Å². The summed E-state index contributed by atoms with van der Waals surface area (Å²) in [4.78, 5) is 38.7. The molecule has 0 aliphatic carbocycles. The van der Waals surface area contributed by atoms with Crippen molar-refractivity contribution in [3.63, 3.8) is 0 Å². The van der Waals surface area contributed by atoms with Crippen molar-refractivity contribution >= 4 is 11.8 Å². The summed E-state index contributed by atoms with van der Waals surface area (Å²) >= 11 is 0. The van der Waals surface area contributed by atoms with Gasteiger partial charge in [-0.05, 0) is 49.7 Å². The first-order valence-electron chi connectivity index (χ1n) is 9.62. The molecule has 0 bridgehead atoms. The van der Waals surface area contributed by atoms with Crippen LogP contribution in [0.5, 0.6) is 5.75 Å². The first-order valence-corrected chi connectivity index (χ1v) is 9.62. The number of carbonyl (C=O) groups excluding carboxylic acids is 2. The zero-order chi connectivity index (χ0) is 21.8. The van der Waals surface area contributed by atoms with E-state index in [9.17, 15) is 14.4 Å². The number of carbonyl (C=O) groups is 2. The van der Waals surface area contributed by atoms with Gasteiger partial charge in [-0.25, -0.2) is 9.48 Å². The standard InChI is InChI=1S/C23H24N2O5/c1-5-19(30-23(28)16-11-13-18(29-4)14-12-16)21(26)20-15(2)24(3)25(22(20)27)17-9-7-6-8-10-17/h6-14,19H,5H2,1-4H3. The van der Waals surface area contributed by atoms with Gasteiger partial charge < -0.3 is 9.47 Å². The highest BCUT2D eigenvalue weighted by molar-refractivity contribution is 6.02. The van der Waals surface area contributed by atoms with Crippen molar-refractivity contribution in [2.24, 2.45) is 7.05 Å². The lowest BCUT2D eigenvalue weighted by atomic mass is 10.0. The fraction of sp³-hybridized carbons (Fsp3) is 0.261. The van der Waals surface area contributed by atoms with Crippen LogP contribution in [0.1, 0.15) is 39.8 Å². The molecule has 1 unspecified atom stereocenters. The van der Waals surface area contributed by atoms with Crippen LogP contribution in [0.3, 0.4) is 0 Å². The SMILES string of the molecule is CCC(OC(=O)c1ccc(OC)cc1)C(=O)c1c(C)n(C)n(-c2ccccc2)c1=O. The number of rotatable bonds is 7. The second kappa shape index (κ2) is 8.82. The number of aromatic nitrogens is 2. The number of ether oxygens (including phenoxy) is 2. The molecule has 3 rings (SSSR count). The number of nitrogens with zero attached hydrogens (tertiary/aromatic N) is 2. The van der Waals surface area contributed by atoms with Crippen LogP contribution in [0.15, 0.2) is 59.4 Å². The van der Waals surface area contributed by atoms with E-state index in [1.165, 1.54) is 11.8 Å². The van der Waals surface area contributed by atoms with E-state index in [4.69, 9.17) is 9.47 Å². The maximum absolute atomic E-state index is 13.2. The minimum atomic E-state index is -1.06. The predicted molar refractivity (Wildman–Crippen MR) is 113 cm³/mol. The molecule has 0 saturated carbocycles. The van der Waals surface area contributed by atoms with Gasteiger partial charge in [0.05, 0.1) is 18.4 Å². The normalized spacial score (nSPS) is 11.7. The van der Waals surface area contributed by atoms with Gasteiger partial charge in [0.1, 0.15) is 11.3 Å². The fourth-order valence-electron chi connectivity index (χ4n) is 3.26. The van der Waals surface area contributed by atoms with Crippen LogP contribution in [-0.4, -0.2) is 34.3 Å². The second-order valence-corrected chi connectivity index (χ2v) is 6.83. The summed E-state index contributed by atoms with van der Waals surface area (Å²) < 4.78 is 13.6. The van der Waals surface area contributed by atoms with E-state index in [0.29, 0.717) is 22.7 Å². The number of benzene rings is 2. The van der Waals surface area contributed by atoms with Gasteiger partial charge in [0.15, 0.2) is 6.10 Å².